The van der Waals surface area contributed by atoms with Gasteiger partial charge in [0, 0.05) is 18.5 Å². The standard InChI is InChI=1S/C16H18F3N7O2/c1-2-28-8-13(27)26(21)25-14(20)12-7-22-9-23-15(12)24-11-5-3-10(4-6-11)16(17,18)19/h3-7,9H,2,8,21H2,1H3,(H2,20,25)(H,22,23,24). The number of alkyl halides is 3. The number of aromatic nitrogens is 2. The first-order chi connectivity index (χ1) is 13.2. The maximum absolute atomic E-state index is 12.7. The molecule has 12 heteroatoms. The van der Waals surface area contributed by atoms with Gasteiger partial charge in [0.05, 0.1) is 11.1 Å². The van der Waals surface area contributed by atoms with Crippen molar-refractivity contribution in [2.45, 2.75) is 13.1 Å². The highest BCUT2D eigenvalue weighted by Gasteiger charge is 2.30. The number of hydrazone groups is 1. The number of rotatable bonds is 7. The van der Waals surface area contributed by atoms with Crippen LogP contribution >= 0.6 is 0 Å². The number of nitrogens with zero attached hydrogens (tertiary/aromatic N) is 4. The number of hydrogen-bond donors (Lipinski definition) is 3. The fourth-order valence-electron chi connectivity index (χ4n) is 1.98. The molecule has 0 aliphatic heterocycles. The lowest BCUT2D eigenvalue weighted by Gasteiger charge is -2.14. The Hall–Kier alpha value is -3.25. The van der Waals surface area contributed by atoms with E-state index < -0.39 is 17.6 Å². The van der Waals surface area contributed by atoms with Crippen LogP contribution in [0.5, 0.6) is 0 Å². The molecule has 0 fully saturated rings. The average molecular weight is 397 g/mol. The molecule has 0 aliphatic rings. The average Bonchev–Trinajstić information content (AvgIpc) is 2.66. The van der Waals surface area contributed by atoms with Gasteiger partial charge >= 0.3 is 6.18 Å². The first kappa shape index (κ1) is 21.1. The summed E-state index contributed by atoms with van der Waals surface area (Å²) in [5, 5.41) is 7.10. The Kier molecular flexibility index (Phi) is 6.84. The zero-order valence-corrected chi connectivity index (χ0v) is 14.8. The van der Waals surface area contributed by atoms with Gasteiger partial charge in [0.1, 0.15) is 18.8 Å². The van der Waals surface area contributed by atoms with Gasteiger partial charge in [0.2, 0.25) is 0 Å². The molecule has 0 radical (unpaired) electrons. The fraction of sp³-hybridized carbons (Fsp3) is 0.250. The minimum absolute atomic E-state index is 0.168. The van der Waals surface area contributed by atoms with Crippen molar-refractivity contribution in [2.75, 3.05) is 18.5 Å². The molecule has 1 heterocycles. The van der Waals surface area contributed by atoms with E-state index in [0.717, 1.165) is 12.1 Å². The molecule has 1 aromatic heterocycles. The predicted octanol–water partition coefficient (Wildman–Crippen LogP) is 1.60. The molecule has 28 heavy (non-hydrogen) atoms. The number of anilines is 2. The molecule has 0 unspecified atom stereocenters. The number of carbonyl (C=O) groups is 1. The zero-order chi connectivity index (χ0) is 20.7. The Morgan fingerprint density at radius 3 is 2.61 bits per heavy atom. The van der Waals surface area contributed by atoms with Crippen LogP contribution in [0.3, 0.4) is 0 Å². The molecule has 150 valence electrons. The van der Waals surface area contributed by atoms with Crippen LogP contribution in [0.2, 0.25) is 0 Å². The van der Waals surface area contributed by atoms with Gasteiger partial charge < -0.3 is 15.8 Å². The molecule has 0 atom stereocenters. The van der Waals surface area contributed by atoms with Crippen LogP contribution in [-0.2, 0) is 15.7 Å². The van der Waals surface area contributed by atoms with E-state index in [9.17, 15) is 18.0 Å². The van der Waals surface area contributed by atoms with E-state index in [1.165, 1.54) is 24.7 Å². The van der Waals surface area contributed by atoms with E-state index in [0.29, 0.717) is 17.4 Å². The summed E-state index contributed by atoms with van der Waals surface area (Å²) >= 11 is 0. The number of hydrazine groups is 1. The predicted molar refractivity (Wildman–Crippen MR) is 95.0 cm³/mol. The van der Waals surface area contributed by atoms with E-state index in [1.807, 2.05) is 0 Å². The Labute approximate surface area is 158 Å². The number of ether oxygens (including phenoxy) is 1. The number of hydrogen-bond acceptors (Lipinski definition) is 7. The van der Waals surface area contributed by atoms with Crippen LogP contribution in [-0.4, -0.2) is 40.0 Å². The maximum atomic E-state index is 12.7. The summed E-state index contributed by atoms with van der Waals surface area (Å²) in [7, 11) is 0. The molecule has 0 saturated carbocycles. The van der Waals surface area contributed by atoms with E-state index in [1.54, 1.807) is 6.92 Å². The van der Waals surface area contributed by atoms with Crippen LogP contribution < -0.4 is 16.9 Å². The van der Waals surface area contributed by atoms with Crippen molar-refractivity contribution in [1.82, 2.24) is 15.1 Å². The number of benzene rings is 1. The Morgan fingerprint density at radius 2 is 2.00 bits per heavy atom. The van der Waals surface area contributed by atoms with E-state index >= 15 is 0 Å². The van der Waals surface area contributed by atoms with Crippen LogP contribution in [0.4, 0.5) is 24.7 Å². The van der Waals surface area contributed by atoms with Crippen molar-refractivity contribution in [3.05, 3.63) is 47.9 Å². The number of halogens is 3. The lowest BCUT2D eigenvalue weighted by molar-refractivity contribution is -0.137. The largest absolute Gasteiger partial charge is 0.416 e. The Morgan fingerprint density at radius 1 is 1.32 bits per heavy atom. The topological polar surface area (TPSA) is 132 Å². The van der Waals surface area contributed by atoms with Gasteiger partial charge in [-0.2, -0.15) is 18.3 Å². The summed E-state index contributed by atoms with van der Waals surface area (Å²) in [5.41, 5.74) is 5.61. The lowest BCUT2D eigenvalue weighted by atomic mass is 10.2. The number of nitrogens with two attached hydrogens (primary N) is 2. The molecule has 2 aromatic rings. The second kappa shape index (κ2) is 9.10. The number of nitrogens with one attached hydrogen (secondary N) is 1. The summed E-state index contributed by atoms with van der Waals surface area (Å²) < 4.78 is 42.9. The van der Waals surface area contributed by atoms with Crippen LogP contribution in [0, 0.1) is 0 Å². The molecule has 1 amide bonds. The summed E-state index contributed by atoms with van der Waals surface area (Å²) in [6, 6.07) is 4.33. The molecule has 0 aliphatic carbocycles. The third kappa shape index (κ3) is 5.62. The second-order valence-electron chi connectivity index (χ2n) is 5.35. The van der Waals surface area contributed by atoms with Crippen LogP contribution in [0.15, 0.2) is 41.9 Å². The highest BCUT2D eigenvalue weighted by atomic mass is 19.4. The second-order valence-corrected chi connectivity index (χ2v) is 5.35. The molecule has 5 N–H and O–H groups in total. The molecule has 0 saturated heterocycles. The lowest BCUT2D eigenvalue weighted by Crippen LogP contribution is -2.37. The SMILES string of the molecule is CCOCC(=O)N(N)/N=C(\N)c1cncnc1Nc1ccc(C(F)(F)F)cc1. The molecule has 0 bridgehead atoms. The summed E-state index contributed by atoms with van der Waals surface area (Å²) in [4.78, 5) is 19.6. The van der Waals surface area contributed by atoms with Gasteiger partial charge in [-0.3, -0.25) is 4.79 Å². The Bertz CT molecular complexity index is 841. The van der Waals surface area contributed by atoms with Crippen LogP contribution in [0.25, 0.3) is 0 Å². The summed E-state index contributed by atoms with van der Waals surface area (Å²) in [6.45, 7) is 1.77. The minimum atomic E-state index is -4.44. The minimum Gasteiger partial charge on any atom is -0.382 e. The highest BCUT2D eigenvalue weighted by molar-refractivity contribution is 6.02. The Balaban J connectivity index is 2.20. The molecule has 2 rings (SSSR count). The number of amides is 1. The first-order valence-corrected chi connectivity index (χ1v) is 7.96. The smallest absolute Gasteiger partial charge is 0.382 e. The molecule has 9 nitrogen and oxygen atoms in total. The summed E-state index contributed by atoms with van der Waals surface area (Å²) in [5.74, 6) is 4.89. The van der Waals surface area contributed by atoms with E-state index in [2.05, 4.69) is 20.4 Å². The normalized spacial score (nSPS) is 12.0. The van der Waals surface area contributed by atoms with E-state index in [4.69, 9.17) is 16.3 Å². The van der Waals surface area contributed by atoms with Gasteiger partial charge in [0.15, 0.2) is 5.84 Å². The summed E-state index contributed by atoms with van der Waals surface area (Å²) in [6.07, 6.45) is -1.91. The molecular weight excluding hydrogens is 379 g/mol. The van der Waals surface area contributed by atoms with Crippen molar-refractivity contribution in [3.8, 4) is 0 Å². The number of carbonyl (C=O) groups excluding carboxylic acids is 1. The number of amidine groups is 1. The molecule has 1 aromatic carbocycles. The van der Waals surface area contributed by atoms with E-state index in [-0.39, 0.29) is 23.8 Å². The van der Waals surface area contributed by atoms with Crippen molar-refractivity contribution in [3.63, 3.8) is 0 Å². The third-order valence-electron chi connectivity index (χ3n) is 3.36. The van der Waals surface area contributed by atoms with Crippen molar-refractivity contribution >= 4 is 23.2 Å². The quantitative estimate of drug-likeness (QED) is 0.213. The highest BCUT2D eigenvalue weighted by Crippen LogP contribution is 2.30. The van der Waals surface area contributed by atoms with Crippen molar-refractivity contribution < 1.29 is 22.7 Å². The molecular formula is C16H18F3N7O2. The van der Waals surface area contributed by atoms with Crippen molar-refractivity contribution in [1.29, 1.82) is 0 Å². The van der Waals surface area contributed by atoms with Gasteiger partial charge in [-0.15, -0.1) is 5.10 Å². The molecule has 0 spiro atoms. The van der Waals surface area contributed by atoms with Gasteiger partial charge in [-0.1, -0.05) is 0 Å². The first-order valence-electron chi connectivity index (χ1n) is 7.96. The van der Waals surface area contributed by atoms with Gasteiger partial charge in [-0.25, -0.2) is 15.8 Å². The zero-order valence-electron chi connectivity index (χ0n) is 14.8. The maximum Gasteiger partial charge on any atom is 0.416 e. The van der Waals surface area contributed by atoms with Gasteiger partial charge in [-0.05, 0) is 31.2 Å². The van der Waals surface area contributed by atoms with Crippen LogP contribution in [0.1, 0.15) is 18.1 Å². The third-order valence-corrected chi connectivity index (χ3v) is 3.36. The van der Waals surface area contributed by atoms with Crippen molar-refractivity contribution in [2.24, 2.45) is 16.7 Å². The fourth-order valence-corrected chi connectivity index (χ4v) is 1.98. The van der Waals surface area contributed by atoms with Gasteiger partial charge in [0.25, 0.3) is 5.91 Å². The monoisotopic (exact) mass is 397 g/mol.